The van der Waals surface area contributed by atoms with E-state index in [-0.39, 0.29) is 0 Å². The summed E-state index contributed by atoms with van der Waals surface area (Å²) < 4.78 is 6.81. The minimum atomic E-state index is 0.634. The van der Waals surface area contributed by atoms with Gasteiger partial charge < -0.3 is 10.1 Å². The van der Waals surface area contributed by atoms with E-state index in [4.69, 9.17) is 4.74 Å². The zero-order valence-electron chi connectivity index (χ0n) is 11.6. The Hall–Kier alpha value is -0.540. The van der Waals surface area contributed by atoms with Gasteiger partial charge in [-0.1, -0.05) is 0 Å². The Balaban J connectivity index is 2.00. The molecule has 2 nitrogen and oxygen atoms in total. The van der Waals surface area contributed by atoms with Crippen LogP contribution in [-0.4, -0.2) is 19.7 Å². The summed E-state index contributed by atoms with van der Waals surface area (Å²) in [6.45, 7) is 1.17. The molecule has 1 N–H and O–H groups in total. The molecule has 0 bridgehead atoms. The van der Waals surface area contributed by atoms with Gasteiger partial charge in [0.2, 0.25) is 0 Å². The van der Waals surface area contributed by atoms with Crippen molar-refractivity contribution in [2.45, 2.75) is 51.0 Å². The molecule has 1 aromatic carbocycles. The Labute approximate surface area is 124 Å². The van der Waals surface area contributed by atoms with E-state index in [2.05, 4.69) is 27.3 Å². The van der Waals surface area contributed by atoms with Gasteiger partial charge in [-0.3, -0.25) is 0 Å². The molecule has 0 aromatic heterocycles. The molecule has 1 saturated heterocycles. The molecular weight excluding hydrogens is 302 g/mol. The number of halogens is 1. The van der Waals surface area contributed by atoms with Crippen LogP contribution in [0, 0.1) is 0 Å². The molecule has 0 spiro atoms. The van der Waals surface area contributed by atoms with Crippen LogP contribution in [-0.2, 0) is 19.3 Å². The molecule has 0 saturated carbocycles. The van der Waals surface area contributed by atoms with E-state index in [0.29, 0.717) is 6.04 Å². The lowest BCUT2D eigenvalue weighted by Crippen LogP contribution is -2.25. The Bertz CT molecular complexity index is 466. The fourth-order valence-corrected chi connectivity index (χ4v) is 4.22. The molecule has 1 aliphatic heterocycles. The van der Waals surface area contributed by atoms with Gasteiger partial charge in [-0.25, -0.2) is 0 Å². The van der Waals surface area contributed by atoms with Gasteiger partial charge in [0.1, 0.15) is 5.75 Å². The highest BCUT2D eigenvalue weighted by Gasteiger charge is 2.23. The number of nitrogens with one attached hydrogen (secondary N) is 1. The number of aryl methyl sites for hydroxylation is 1. The lowest BCUT2D eigenvalue weighted by atomic mass is 9.85. The maximum Gasteiger partial charge on any atom is 0.136 e. The zero-order chi connectivity index (χ0) is 13.2. The molecule has 1 aliphatic carbocycles. The van der Waals surface area contributed by atoms with E-state index in [1.807, 2.05) is 0 Å². The molecule has 1 fully saturated rings. The normalized spacial score (nSPS) is 22.3. The molecule has 3 rings (SSSR count). The Morgan fingerprint density at radius 1 is 1.32 bits per heavy atom. The second-order valence-corrected chi connectivity index (χ2v) is 6.57. The quantitative estimate of drug-likeness (QED) is 0.917. The van der Waals surface area contributed by atoms with Gasteiger partial charge in [-0.2, -0.15) is 0 Å². The van der Waals surface area contributed by atoms with Gasteiger partial charge in [-0.05, 0) is 84.6 Å². The molecule has 104 valence electrons. The molecule has 1 atom stereocenters. The molecule has 2 aliphatic rings. The van der Waals surface area contributed by atoms with Crippen LogP contribution in [0.2, 0.25) is 0 Å². The van der Waals surface area contributed by atoms with E-state index < -0.39 is 0 Å². The van der Waals surface area contributed by atoms with E-state index in [9.17, 15) is 0 Å². The summed E-state index contributed by atoms with van der Waals surface area (Å²) >= 11 is 3.69. The van der Waals surface area contributed by atoms with E-state index in [1.54, 1.807) is 12.7 Å². The Morgan fingerprint density at radius 2 is 2.16 bits per heavy atom. The molecule has 19 heavy (non-hydrogen) atoms. The van der Waals surface area contributed by atoms with Crippen molar-refractivity contribution in [2.75, 3.05) is 13.7 Å². The second-order valence-electron chi connectivity index (χ2n) is 5.71. The molecule has 0 amide bonds. The van der Waals surface area contributed by atoms with Crippen LogP contribution in [0.25, 0.3) is 0 Å². The van der Waals surface area contributed by atoms with E-state index in [1.165, 1.54) is 56.2 Å². The first-order valence-corrected chi connectivity index (χ1v) is 8.19. The smallest absolute Gasteiger partial charge is 0.136 e. The summed E-state index contributed by atoms with van der Waals surface area (Å²) in [5.41, 5.74) is 4.55. The van der Waals surface area contributed by atoms with Crippen LogP contribution in [0.1, 0.15) is 42.4 Å². The lowest BCUT2D eigenvalue weighted by Gasteiger charge is -2.24. The summed E-state index contributed by atoms with van der Waals surface area (Å²) in [5.74, 6) is 1.06. The first-order chi connectivity index (χ1) is 9.29. The first kappa shape index (κ1) is 13.4. The van der Waals surface area contributed by atoms with E-state index >= 15 is 0 Å². The standard InChI is InChI=1S/C16H22BrNO/c1-19-16-14(10-12-6-4-8-18-12)13-7-3-2-5-11(13)9-15(16)17/h9,12,18H,2-8,10H2,1H3. The number of methoxy groups -OCH3 is 1. The van der Waals surface area contributed by atoms with Crippen LogP contribution in [0.3, 0.4) is 0 Å². The van der Waals surface area contributed by atoms with Crippen molar-refractivity contribution in [2.24, 2.45) is 0 Å². The van der Waals surface area contributed by atoms with Crippen molar-refractivity contribution < 1.29 is 4.74 Å². The molecule has 1 aromatic rings. The number of fused-ring (bicyclic) bond motifs is 1. The van der Waals surface area contributed by atoms with Crippen molar-refractivity contribution in [1.29, 1.82) is 0 Å². The van der Waals surface area contributed by atoms with Crippen molar-refractivity contribution in [3.05, 3.63) is 27.2 Å². The minimum absolute atomic E-state index is 0.634. The zero-order valence-corrected chi connectivity index (χ0v) is 13.2. The minimum Gasteiger partial charge on any atom is -0.495 e. The topological polar surface area (TPSA) is 21.3 Å². The predicted molar refractivity (Wildman–Crippen MR) is 82.1 cm³/mol. The van der Waals surface area contributed by atoms with Crippen LogP contribution in [0.5, 0.6) is 5.75 Å². The van der Waals surface area contributed by atoms with Crippen molar-refractivity contribution in [3.8, 4) is 5.75 Å². The van der Waals surface area contributed by atoms with Gasteiger partial charge in [0.05, 0.1) is 11.6 Å². The van der Waals surface area contributed by atoms with Crippen molar-refractivity contribution in [3.63, 3.8) is 0 Å². The number of benzene rings is 1. The van der Waals surface area contributed by atoms with Crippen LogP contribution in [0.15, 0.2) is 10.5 Å². The predicted octanol–water partition coefficient (Wildman–Crippen LogP) is 3.63. The maximum atomic E-state index is 5.68. The number of hydrogen-bond donors (Lipinski definition) is 1. The third kappa shape index (κ3) is 2.68. The molecule has 3 heteroatoms. The molecular formula is C16H22BrNO. The Kier molecular flexibility index (Phi) is 4.13. The number of ether oxygens (including phenoxy) is 1. The lowest BCUT2D eigenvalue weighted by molar-refractivity contribution is 0.402. The van der Waals surface area contributed by atoms with Crippen LogP contribution in [0.4, 0.5) is 0 Å². The average Bonchev–Trinajstić information content (AvgIpc) is 2.92. The highest BCUT2D eigenvalue weighted by molar-refractivity contribution is 9.10. The van der Waals surface area contributed by atoms with Gasteiger partial charge in [0, 0.05) is 11.6 Å². The van der Waals surface area contributed by atoms with Gasteiger partial charge >= 0.3 is 0 Å². The largest absolute Gasteiger partial charge is 0.495 e. The monoisotopic (exact) mass is 323 g/mol. The molecule has 1 unspecified atom stereocenters. The maximum absolute atomic E-state index is 5.68. The highest BCUT2D eigenvalue weighted by Crippen LogP contribution is 2.38. The molecule has 0 radical (unpaired) electrons. The average molecular weight is 324 g/mol. The summed E-state index contributed by atoms with van der Waals surface area (Å²) in [4.78, 5) is 0. The van der Waals surface area contributed by atoms with Gasteiger partial charge in [0.15, 0.2) is 0 Å². The van der Waals surface area contributed by atoms with Crippen LogP contribution >= 0.6 is 15.9 Å². The van der Waals surface area contributed by atoms with Gasteiger partial charge in [0.25, 0.3) is 0 Å². The van der Waals surface area contributed by atoms with E-state index in [0.717, 1.165) is 16.6 Å². The van der Waals surface area contributed by atoms with Crippen molar-refractivity contribution in [1.82, 2.24) is 5.32 Å². The summed E-state index contributed by atoms with van der Waals surface area (Å²) in [6, 6.07) is 2.91. The SMILES string of the molecule is COc1c(Br)cc2c(c1CC1CCCN1)CCCC2. The van der Waals surface area contributed by atoms with Crippen molar-refractivity contribution >= 4 is 15.9 Å². The van der Waals surface area contributed by atoms with Crippen LogP contribution < -0.4 is 10.1 Å². The molecule has 1 heterocycles. The fraction of sp³-hybridized carbons (Fsp3) is 0.625. The number of rotatable bonds is 3. The Morgan fingerprint density at radius 3 is 2.89 bits per heavy atom. The summed E-state index contributed by atoms with van der Waals surface area (Å²) in [5, 5.41) is 3.61. The summed E-state index contributed by atoms with van der Waals surface area (Å²) in [6.07, 6.45) is 8.82. The second kappa shape index (κ2) is 5.84. The third-order valence-electron chi connectivity index (χ3n) is 4.48. The first-order valence-electron chi connectivity index (χ1n) is 7.40. The highest BCUT2D eigenvalue weighted by atomic mass is 79.9. The summed E-state index contributed by atoms with van der Waals surface area (Å²) in [7, 11) is 1.79. The van der Waals surface area contributed by atoms with Gasteiger partial charge in [-0.15, -0.1) is 0 Å². The fourth-order valence-electron chi connectivity index (χ4n) is 3.55. The number of hydrogen-bond acceptors (Lipinski definition) is 2. The third-order valence-corrected chi connectivity index (χ3v) is 5.07.